The Morgan fingerprint density at radius 3 is 2.96 bits per heavy atom. The van der Waals surface area contributed by atoms with Gasteiger partial charge in [0.2, 0.25) is 5.91 Å². The van der Waals surface area contributed by atoms with Gasteiger partial charge in [-0.25, -0.2) is 0 Å². The van der Waals surface area contributed by atoms with Crippen LogP contribution < -0.4 is 10.1 Å². The Morgan fingerprint density at radius 2 is 2.23 bits per heavy atom. The molecule has 4 nitrogen and oxygen atoms in total. The summed E-state index contributed by atoms with van der Waals surface area (Å²) < 4.78 is 6.28. The Hall–Kier alpha value is -2.23. The van der Waals surface area contributed by atoms with Gasteiger partial charge in [0.1, 0.15) is 17.1 Å². The molecule has 1 aromatic carbocycles. The van der Waals surface area contributed by atoms with Crippen molar-refractivity contribution in [3.8, 4) is 11.5 Å². The molecule has 26 heavy (non-hydrogen) atoms. The third-order valence-electron chi connectivity index (χ3n) is 5.19. The van der Waals surface area contributed by atoms with Crippen molar-refractivity contribution in [2.45, 2.75) is 58.5 Å². The van der Waals surface area contributed by atoms with Gasteiger partial charge in [-0.1, -0.05) is 11.6 Å². The molecule has 4 heteroatoms. The second-order valence-corrected chi connectivity index (χ2v) is 8.01. The van der Waals surface area contributed by atoms with E-state index in [0.717, 1.165) is 49.1 Å². The molecule has 1 fully saturated rings. The third-order valence-corrected chi connectivity index (χ3v) is 5.19. The van der Waals surface area contributed by atoms with Gasteiger partial charge in [0.05, 0.1) is 5.56 Å². The summed E-state index contributed by atoms with van der Waals surface area (Å²) >= 11 is 0. The molecule has 2 N–H and O–H groups in total. The zero-order chi connectivity index (χ0) is 18.7. The first kappa shape index (κ1) is 18.6. The van der Waals surface area contributed by atoms with Crippen molar-refractivity contribution in [3.63, 3.8) is 0 Å². The van der Waals surface area contributed by atoms with Gasteiger partial charge in [-0.2, -0.15) is 0 Å². The number of carbonyl (C=O) groups is 1. The van der Waals surface area contributed by atoms with E-state index >= 15 is 0 Å². The Labute approximate surface area is 155 Å². The second-order valence-electron chi connectivity index (χ2n) is 8.01. The molecule has 2 unspecified atom stereocenters. The molecule has 0 spiro atoms. The topological polar surface area (TPSA) is 58.6 Å². The third kappa shape index (κ3) is 4.48. The number of amides is 1. The minimum absolute atomic E-state index is 0.120. The molecule has 2 aliphatic heterocycles. The Bertz CT molecular complexity index is 746. The maximum absolute atomic E-state index is 11.6. The lowest BCUT2D eigenvalue weighted by Crippen LogP contribution is -2.34. The van der Waals surface area contributed by atoms with E-state index in [9.17, 15) is 9.90 Å². The molecule has 3 rings (SSSR count). The smallest absolute Gasteiger partial charge is 0.220 e. The van der Waals surface area contributed by atoms with E-state index < -0.39 is 0 Å². The number of phenols is 1. The first-order valence-corrected chi connectivity index (χ1v) is 9.49. The van der Waals surface area contributed by atoms with Crippen molar-refractivity contribution in [1.29, 1.82) is 0 Å². The van der Waals surface area contributed by atoms with Crippen molar-refractivity contribution >= 4 is 12.0 Å². The van der Waals surface area contributed by atoms with Crippen molar-refractivity contribution in [1.82, 2.24) is 5.32 Å². The summed E-state index contributed by atoms with van der Waals surface area (Å²) in [6, 6.07) is 3.84. The number of rotatable bonds is 5. The maximum Gasteiger partial charge on any atom is 0.220 e. The number of nitrogens with one attached hydrogen (secondary N) is 1. The first-order valence-electron chi connectivity index (χ1n) is 9.49. The van der Waals surface area contributed by atoms with Crippen LogP contribution >= 0.6 is 0 Å². The summed E-state index contributed by atoms with van der Waals surface area (Å²) in [6.45, 7) is 7.03. The molecule has 2 heterocycles. The highest BCUT2D eigenvalue weighted by atomic mass is 16.5. The zero-order valence-corrected chi connectivity index (χ0v) is 16.0. The molecule has 1 aromatic rings. The Kier molecular flexibility index (Phi) is 5.40. The summed E-state index contributed by atoms with van der Waals surface area (Å²) in [4.78, 5) is 11.6. The minimum Gasteiger partial charge on any atom is -0.507 e. The van der Waals surface area contributed by atoms with Crippen LogP contribution in [0.15, 0.2) is 29.9 Å². The van der Waals surface area contributed by atoms with Crippen LogP contribution in [0.1, 0.15) is 57.6 Å². The molecule has 0 aromatic heterocycles. The normalized spacial score (nSPS) is 24.4. The lowest BCUT2D eigenvalue weighted by Gasteiger charge is -2.32. The van der Waals surface area contributed by atoms with Gasteiger partial charge in [-0.05, 0) is 82.2 Å². The van der Waals surface area contributed by atoms with Crippen LogP contribution in [0.2, 0.25) is 0 Å². The van der Waals surface area contributed by atoms with Gasteiger partial charge in [0, 0.05) is 13.0 Å². The molecule has 0 bridgehead atoms. The minimum atomic E-state index is -0.366. The SMILES string of the molecule is CC(C)=CCCC1(C)C=Cc2c(O)cc(CC3CCNC(=O)C3)cc2O1. The van der Waals surface area contributed by atoms with Gasteiger partial charge in [0.15, 0.2) is 0 Å². The van der Waals surface area contributed by atoms with Crippen molar-refractivity contribution in [2.75, 3.05) is 6.54 Å². The highest BCUT2D eigenvalue weighted by Crippen LogP contribution is 2.39. The maximum atomic E-state index is 11.6. The molecular formula is C22H29NO3. The molecule has 1 amide bonds. The molecule has 0 aliphatic carbocycles. The van der Waals surface area contributed by atoms with Gasteiger partial charge < -0.3 is 15.2 Å². The average Bonchev–Trinajstić information content (AvgIpc) is 2.53. The summed E-state index contributed by atoms with van der Waals surface area (Å²) in [5, 5.41) is 13.3. The van der Waals surface area contributed by atoms with E-state index in [4.69, 9.17) is 4.74 Å². The molecule has 2 aliphatic rings. The highest BCUT2D eigenvalue weighted by molar-refractivity contribution is 5.77. The van der Waals surface area contributed by atoms with Crippen molar-refractivity contribution in [3.05, 3.63) is 41.0 Å². The number of allylic oxidation sites excluding steroid dienone is 2. The number of hydrogen-bond donors (Lipinski definition) is 2. The van der Waals surface area contributed by atoms with Gasteiger partial charge in [0.25, 0.3) is 0 Å². The quantitative estimate of drug-likeness (QED) is 0.771. The van der Waals surface area contributed by atoms with Gasteiger partial charge in [-0.3, -0.25) is 4.79 Å². The number of hydrogen-bond acceptors (Lipinski definition) is 3. The number of benzene rings is 1. The molecule has 2 atom stereocenters. The van der Waals surface area contributed by atoms with E-state index in [-0.39, 0.29) is 17.3 Å². The Morgan fingerprint density at radius 1 is 1.42 bits per heavy atom. The summed E-state index contributed by atoms with van der Waals surface area (Å²) in [5.74, 6) is 1.43. The zero-order valence-electron chi connectivity index (χ0n) is 16.0. The Balaban J connectivity index is 1.75. The van der Waals surface area contributed by atoms with E-state index in [1.165, 1.54) is 5.57 Å². The molecule has 1 saturated heterocycles. The van der Waals surface area contributed by atoms with E-state index in [0.29, 0.717) is 12.3 Å². The number of fused-ring (bicyclic) bond motifs is 1. The second kappa shape index (κ2) is 7.56. The summed E-state index contributed by atoms with van der Waals surface area (Å²) in [6.07, 6.45) is 10.4. The number of carbonyl (C=O) groups excluding carboxylic acids is 1. The average molecular weight is 355 g/mol. The van der Waals surface area contributed by atoms with Crippen LogP contribution in [0.3, 0.4) is 0 Å². The van der Waals surface area contributed by atoms with Crippen LogP contribution in [0.4, 0.5) is 0 Å². The number of ether oxygens (including phenoxy) is 1. The monoisotopic (exact) mass is 355 g/mol. The number of piperidine rings is 1. The number of phenolic OH excluding ortho intramolecular Hbond substituents is 1. The van der Waals surface area contributed by atoms with Gasteiger partial charge in [-0.15, -0.1) is 0 Å². The lowest BCUT2D eigenvalue weighted by atomic mass is 9.89. The standard InChI is InChI=1S/C22H29NO3/c1-15(2)5-4-8-22(3)9-6-18-19(24)12-17(13-20(18)26-22)11-16-7-10-23-21(25)14-16/h5-6,9,12-13,16,24H,4,7-8,10-11,14H2,1-3H3,(H,23,25). The first-order chi connectivity index (χ1) is 12.3. The molecule has 140 valence electrons. The fourth-order valence-corrected chi connectivity index (χ4v) is 3.72. The van der Waals surface area contributed by atoms with Crippen LogP contribution in [-0.4, -0.2) is 23.2 Å². The fraction of sp³-hybridized carbons (Fsp3) is 0.500. The van der Waals surface area contributed by atoms with E-state index in [1.807, 2.05) is 24.3 Å². The van der Waals surface area contributed by atoms with Crippen LogP contribution in [0.25, 0.3) is 6.08 Å². The largest absolute Gasteiger partial charge is 0.507 e. The van der Waals surface area contributed by atoms with E-state index in [1.54, 1.807) is 0 Å². The molecule has 0 radical (unpaired) electrons. The van der Waals surface area contributed by atoms with Crippen LogP contribution in [0, 0.1) is 5.92 Å². The molecule has 0 saturated carbocycles. The van der Waals surface area contributed by atoms with Crippen LogP contribution in [-0.2, 0) is 11.2 Å². The molecular weight excluding hydrogens is 326 g/mol. The summed E-state index contributed by atoms with van der Waals surface area (Å²) in [7, 11) is 0. The van der Waals surface area contributed by atoms with E-state index in [2.05, 4.69) is 32.2 Å². The van der Waals surface area contributed by atoms with Crippen molar-refractivity contribution < 1.29 is 14.6 Å². The summed E-state index contributed by atoms with van der Waals surface area (Å²) in [5.41, 5.74) is 2.72. The van der Waals surface area contributed by atoms with Crippen LogP contribution in [0.5, 0.6) is 11.5 Å². The number of aromatic hydroxyl groups is 1. The van der Waals surface area contributed by atoms with Crippen molar-refractivity contribution in [2.24, 2.45) is 5.92 Å². The van der Waals surface area contributed by atoms with Gasteiger partial charge >= 0.3 is 0 Å². The predicted octanol–water partition coefficient (Wildman–Crippen LogP) is 4.37. The lowest BCUT2D eigenvalue weighted by molar-refractivity contribution is -0.123. The fourth-order valence-electron chi connectivity index (χ4n) is 3.72. The highest BCUT2D eigenvalue weighted by Gasteiger charge is 2.29. The predicted molar refractivity (Wildman–Crippen MR) is 104 cm³/mol.